The molecule has 5 nitrogen and oxygen atoms in total. The van der Waals surface area contributed by atoms with Gasteiger partial charge in [0.25, 0.3) is 0 Å². The van der Waals surface area contributed by atoms with E-state index in [2.05, 4.69) is 0 Å². The summed E-state index contributed by atoms with van der Waals surface area (Å²) < 4.78 is 10.4. The Bertz CT molecular complexity index is 643. The highest BCUT2D eigenvalue weighted by Gasteiger charge is 2.28. The van der Waals surface area contributed by atoms with Gasteiger partial charge in [0.15, 0.2) is 0 Å². The third-order valence-electron chi connectivity index (χ3n) is 3.69. The Balaban J connectivity index is 2.43. The van der Waals surface area contributed by atoms with Crippen LogP contribution in [0.3, 0.4) is 0 Å². The van der Waals surface area contributed by atoms with Crippen LogP contribution < -0.4 is 0 Å². The summed E-state index contributed by atoms with van der Waals surface area (Å²) in [6.45, 7) is 6.09. The van der Waals surface area contributed by atoms with E-state index in [1.54, 1.807) is 17.0 Å². The predicted molar refractivity (Wildman–Crippen MR) is 92.5 cm³/mol. The summed E-state index contributed by atoms with van der Waals surface area (Å²) in [6, 6.07) is 7.17. The second kappa shape index (κ2) is 7.51. The molecule has 5 heteroatoms. The molecule has 2 rings (SSSR count). The standard InChI is InChI=1S/C19H25NO4/c1-19(2,3)24-18(22)20-13-9-5-6-12-16(20)14-10-7-8-11-15(14)17(21)23-4/h7-8,10-12H,5-6,9,13H2,1-4H3. The molecule has 0 aliphatic carbocycles. The molecule has 130 valence electrons. The van der Waals surface area contributed by atoms with E-state index in [1.165, 1.54) is 7.11 Å². The van der Waals surface area contributed by atoms with Crippen LogP contribution in [-0.4, -0.2) is 36.2 Å². The Morgan fingerprint density at radius 1 is 1.12 bits per heavy atom. The molecule has 1 heterocycles. The summed E-state index contributed by atoms with van der Waals surface area (Å²) in [5, 5.41) is 0. The van der Waals surface area contributed by atoms with Crippen molar-refractivity contribution in [2.45, 2.75) is 45.6 Å². The van der Waals surface area contributed by atoms with Gasteiger partial charge in [-0.2, -0.15) is 0 Å². The number of carbonyl (C=O) groups excluding carboxylic acids is 2. The Kier molecular flexibility index (Phi) is 5.65. The lowest BCUT2D eigenvalue weighted by Gasteiger charge is -2.29. The highest BCUT2D eigenvalue weighted by molar-refractivity contribution is 5.97. The van der Waals surface area contributed by atoms with E-state index in [9.17, 15) is 9.59 Å². The fourth-order valence-electron chi connectivity index (χ4n) is 2.64. The van der Waals surface area contributed by atoms with E-state index in [4.69, 9.17) is 9.47 Å². The first-order valence-electron chi connectivity index (χ1n) is 8.22. The number of nitrogens with zero attached hydrogens (tertiary/aromatic N) is 1. The van der Waals surface area contributed by atoms with Crippen LogP contribution in [-0.2, 0) is 9.47 Å². The molecule has 0 fully saturated rings. The van der Waals surface area contributed by atoms with E-state index >= 15 is 0 Å². The number of esters is 1. The first kappa shape index (κ1) is 18.0. The van der Waals surface area contributed by atoms with Crippen molar-refractivity contribution in [1.82, 2.24) is 4.90 Å². The summed E-state index contributed by atoms with van der Waals surface area (Å²) in [7, 11) is 1.35. The molecule has 1 amide bonds. The number of amides is 1. The molecule has 1 aliphatic rings. The van der Waals surface area contributed by atoms with Crippen LogP contribution in [0.4, 0.5) is 4.79 Å². The summed E-state index contributed by atoms with van der Waals surface area (Å²) in [4.78, 5) is 26.4. The molecule has 0 atom stereocenters. The second-order valence-corrected chi connectivity index (χ2v) is 6.75. The lowest BCUT2D eigenvalue weighted by atomic mass is 10.0. The average molecular weight is 331 g/mol. The van der Waals surface area contributed by atoms with E-state index < -0.39 is 17.7 Å². The molecule has 0 saturated carbocycles. The number of methoxy groups -OCH3 is 1. The number of rotatable bonds is 2. The fourth-order valence-corrected chi connectivity index (χ4v) is 2.64. The molecule has 0 unspecified atom stereocenters. The number of hydrogen-bond donors (Lipinski definition) is 0. The summed E-state index contributed by atoms with van der Waals surface area (Å²) >= 11 is 0. The van der Waals surface area contributed by atoms with Crippen molar-refractivity contribution < 1.29 is 19.1 Å². The predicted octanol–water partition coefficient (Wildman–Crippen LogP) is 4.24. The zero-order valence-corrected chi connectivity index (χ0v) is 14.8. The molecule has 1 aliphatic heterocycles. The van der Waals surface area contributed by atoms with Crippen LogP contribution in [0, 0.1) is 0 Å². The van der Waals surface area contributed by atoms with Crippen LogP contribution in [0.5, 0.6) is 0 Å². The molecular formula is C19H25NO4. The molecule has 0 spiro atoms. The number of benzene rings is 1. The largest absolute Gasteiger partial charge is 0.465 e. The van der Waals surface area contributed by atoms with Gasteiger partial charge in [-0.05, 0) is 46.1 Å². The van der Waals surface area contributed by atoms with Gasteiger partial charge in [-0.15, -0.1) is 0 Å². The van der Waals surface area contributed by atoms with E-state index in [1.807, 2.05) is 39.0 Å². The summed E-state index contributed by atoms with van der Waals surface area (Å²) in [5.41, 5.74) is 1.28. The Morgan fingerprint density at radius 2 is 1.83 bits per heavy atom. The topological polar surface area (TPSA) is 55.8 Å². The van der Waals surface area contributed by atoms with Gasteiger partial charge < -0.3 is 9.47 Å². The Hall–Kier alpha value is -2.30. The van der Waals surface area contributed by atoms with Crippen molar-refractivity contribution in [3.8, 4) is 0 Å². The molecule has 0 radical (unpaired) electrons. The van der Waals surface area contributed by atoms with Crippen LogP contribution in [0.15, 0.2) is 30.3 Å². The maximum Gasteiger partial charge on any atom is 0.414 e. The van der Waals surface area contributed by atoms with Crippen molar-refractivity contribution in [2.24, 2.45) is 0 Å². The zero-order valence-electron chi connectivity index (χ0n) is 14.8. The van der Waals surface area contributed by atoms with E-state index in [0.717, 1.165) is 19.3 Å². The number of allylic oxidation sites excluding steroid dienone is 1. The number of carbonyl (C=O) groups is 2. The molecule has 0 aromatic heterocycles. The molecule has 0 N–H and O–H groups in total. The second-order valence-electron chi connectivity index (χ2n) is 6.75. The molecule has 1 aromatic rings. The minimum Gasteiger partial charge on any atom is -0.465 e. The van der Waals surface area contributed by atoms with Gasteiger partial charge in [0.05, 0.1) is 18.4 Å². The van der Waals surface area contributed by atoms with Gasteiger partial charge in [-0.1, -0.05) is 24.3 Å². The first-order chi connectivity index (χ1) is 11.3. The van der Waals surface area contributed by atoms with Gasteiger partial charge in [0, 0.05) is 12.1 Å². The maximum absolute atomic E-state index is 12.6. The van der Waals surface area contributed by atoms with Crippen LogP contribution in [0.25, 0.3) is 5.70 Å². The molecule has 1 aromatic carbocycles. The van der Waals surface area contributed by atoms with Crippen LogP contribution in [0.2, 0.25) is 0 Å². The Labute approximate surface area is 143 Å². The summed E-state index contributed by atoms with van der Waals surface area (Å²) in [6.07, 6.45) is 4.33. The monoisotopic (exact) mass is 331 g/mol. The lowest BCUT2D eigenvalue weighted by molar-refractivity contribution is 0.0352. The minimum absolute atomic E-state index is 0.393. The van der Waals surface area contributed by atoms with Gasteiger partial charge in [-0.25, -0.2) is 9.59 Å². The van der Waals surface area contributed by atoms with Crippen molar-refractivity contribution in [3.63, 3.8) is 0 Å². The van der Waals surface area contributed by atoms with Gasteiger partial charge in [0.1, 0.15) is 5.60 Å². The van der Waals surface area contributed by atoms with E-state index in [0.29, 0.717) is 23.4 Å². The molecular weight excluding hydrogens is 306 g/mol. The van der Waals surface area contributed by atoms with Crippen LogP contribution >= 0.6 is 0 Å². The minimum atomic E-state index is -0.573. The third-order valence-corrected chi connectivity index (χ3v) is 3.69. The van der Waals surface area contributed by atoms with Crippen molar-refractivity contribution >= 4 is 17.8 Å². The quantitative estimate of drug-likeness (QED) is 0.761. The van der Waals surface area contributed by atoms with Gasteiger partial charge in [0.2, 0.25) is 0 Å². The maximum atomic E-state index is 12.6. The smallest absolute Gasteiger partial charge is 0.414 e. The zero-order chi connectivity index (χ0) is 17.7. The third kappa shape index (κ3) is 4.37. The molecule has 0 bridgehead atoms. The first-order valence-corrected chi connectivity index (χ1v) is 8.22. The SMILES string of the molecule is COC(=O)c1ccccc1C1=CCCCCN1C(=O)OC(C)(C)C. The fraction of sp³-hybridized carbons (Fsp3) is 0.474. The van der Waals surface area contributed by atoms with Crippen LogP contribution in [0.1, 0.15) is 56.0 Å². The molecule has 0 saturated heterocycles. The highest BCUT2D eigenvalue weighted by Crippen LogP contribution is 2.29. The van der Waals surface area contributed by atoms with Crippen molar-refractivity contribution in [3.05, 3.63) is 41.5 Å². The summed E-state index contributed by atoms with van der Waals surface area (Å²) in [5.74, 6) is -0.417. The normalized spacial score (nSPS) is 15.3. The van der Waals surface area contributed by atoms with Crippen molar-refractivity contribution in [1.29, 1.82) is 0 Å². The lowest BCUT2D eigenvalue weighted by Crippen LogP contribution is -2.36. The average Bonchev–Trinajstić information content (AvgIpc) is 2.78. The van der Waals surface area contributed by atoms with Crippen molar-refractivity contribution in [2.75, 3.05) is 13.7 Å². The highest BCUT2D eigenvalue weighted by atomic mass is 16.6. The molecule has 24 heavy (non-hydrogen) atoms. The number of hydrogen-bond acceptors (Lipinski definition) is 4. The van der Waals surface area contributed by atoms with Gasteiger partial charge >= 0.3 is 12.1 Å². The number of ether oxygens (including phenoxy) is 2. The van der Waals surface area contributed by atoms with Gasteiger partial charge in [-0.3, -0.25) is 4.90 Å². The Morgan fingerprint density at radius 3 is 2.50 bits per heavy atom. The van der Waals surface area contributed by atoms with E-state index in [-0.39, 0.29) is 0 Å².